The largest absolute Gasteiger partial charge is 0.476 e. The van der Waals surface area contributed by atoms with Crippen molar-refractivity contribution in [3.63, 3.8) is 0 Å². The topological polar surface area (TPSA) is 34.1 Å². The molecule has 1 fully saturated rings. The van der Waals surface area contributed by atoms with Gasteiger partial charge < -0.3 is 9.47 Å². The molecular weight excluding hydrogens is 226 g/mol. The van der Waals surface area contributed by atoms with Gasteiger partial charge in [-0.05, 0) is 33.3 Å². The molecule has 0 bridgehead atoms. The summed E-state index contributed by atoms with van der Waals surface area (Å²) in [6, 6.07) is 10.3. The van der Waals surface area contributed by atoms with Crippen LogP contribution in [-0.4, -0.2) is 23.6 Å². The van der Waals surface area contributed by atoms with E-state index in [1.165, 1.54) is 5.56 Å². The molecule has 0 aliphatic carbocycles. The van der Waals surface area contributed by atoms with Crippen LogP contribution in [0.15, 0.2) is 35.3 Å². The quantitative estimate of drug-likeness (QED) is 0.751. The highest BCUT2D eigenvalue weighted by molar-refractivity contribution is 5.91. The van der Waals surface area contributed by atoms with Gasteiger partial charge in [0.15, 0.2) is 5.60 Å². The third-order valence-electron chi connectivity index (χ3n) is 3.98. The Labute approximate surface area is 108 Å². The fourth-order valence-corrected chi connectivity index (χ4v) is 2.55. The van der Waals surface area contributed by atoms with Gasteiger partial charge in [0.2, 0.25) is 5.90 Å². The molecule has 3 heteroatoms. The maximum Gasteiger partial charge on any atom is 0.220 e. The minimum absolute atomic E-state index is 0.137. The van der Waals surface area contributed by atoms with Crippen LogP contribution in [0.4, 0.5) is 0 Å². The number of ether oxygens (including phenoxy) is 2. The molecule has 1 aromatic rings. The minimum atomic E-state index is -0.428. The van der Waals surface area contributed by atoms with Gasteiger partial charge in [-0.25, -0.2) is 4.99 Å². The zero-order valence-corrected chi connectivity index (χ0v) is 11.4. The Morgan fingerprint density at radius 3 is 2.22 bits per heavy atom. The maximum atomic E-state index is 6.00. The molecule has 1 aromatic carbocycles. The van der Waals surface area contributed by atoms with E-state index in [0.29, 0.717) is 6.61 Å². The van der Waals surface area contributed by atoms with Crippen LogP contribution < -0.4 is 0 Å². The highest BCUT2D eigenvalue weighted by atomic mass is 16.7. The molecular formula is C15H19NO2. The third kappa shape index (κ3) is 1.50. The Balaban J connectivity index is 1.93. The summed E-state index contributed by atoms with van der Waals surface area (Å²) in [5.74, 6) is 0.735. The Morgan fingerprint density at radius 1 is 1.00 bits per heavy atom. The van der Waals surface area contributed by atoms with Crippen molar-refractivity contribution in [1.29, 1.82) is 0 Å². The number of hydrogen-bond acceptors (Lipinski definition) is 3. The second kappa shape index (κ2) is 3.35. The van der Waals surface area contributed by atoms with E-state index < -0.39 is 5.60 Å². The lowest BCUT2D eigenvalue weighted by molar-refractivity contribution is 0.247. The number of epoxide rings is 1. The molecule has 2 atom stereocenters. The van der Waals surface area contributed by atoms with Crippen LogP contribution >= 0.6 is 0 Å². The number of rotatable bonds is 2. The molecule has 0 saturated carbocycles. The molecule has 18 heavy (non-hydrogen) atoms. The van der Waals surface area contributed by atoms with E-state index in [2.05, 4.69) is 44.8 Å². The second-order valence-electron chi connectivity index (χ2n) is 6.05. The van der Waals surface area contributed by atoms with Crippen molar-refractivity contribution >= 4 is 5.90 Å². The first-order valence-electron chi connectivity index (χ1n) is 6.36. The average Bonchev–Trinajstić information content (AvgIpc) is 2.72. The average molecular weight is 245 g/mol. The van der Waals surface area contributed by atoms with Gasteiger partial charge in [-0.2, -0.15) is 0 Å². The standard InChI is InChI=1S/C15H19NO2/c1-13(2)10-17-12(16-13)15(4)14(3,18-15)11-8-6-5-7-9-11/h5-9H,10H2,1-4H3/t14-,15+/m1/s1. The Morgan fingerprint density at radius 2 is 1.67 bits per heavy atom. The lowest BCUT2D eigenvalue weighted by Gasteiger charge is -2.12. The first-order valence-corrected chi connectivity index (χ1v) is 6.36. The lowest BCUT2D eigenvalue weighted by Crippen LogP contribution is -2.28. The van der Waals surface area contributed by atoms with Crippen molar-refractivity contribution in [1.82, 2.24) is 0 Å². The van der Waals surface area contributed by atoms with Crippen molar-refractivity contribution in [3.8, 4) is 0 Å². The molecule has 0 N–H and O–H groups in total. The first kappa shape index (κ1) is 11.7. The summed E-state index contributed by atoms with van der Waals surface area (Å²) in [6.07, 6.45) is 0. The fraction of sp³-hybridized carbons (Fsp3) is 0.533. The van der Waals surface area contributed by atoms with Gasteiger partial charge in [0.05, 0.1) is 5.54 Å². The highest BCUT2D eigenvalue weighted by Crippen LogP contribution is 2.57. The van der Waals surface area contributed by atoms with E-state index >= 15 is 0 Å². The van der Waals surface area contributed by atoms with Crippen molar-refractivity contribution in [2.45, 2.75) is 44.4 Å². The van der Waals surface area contributed by atoms with Crippen LogP contribution in [0.2, 0.25) is 0 Å². The van der Waals surface area contributed by atoms with Gasteiger partial charge in [-0.3, -0.25) is 0 Å². The van der Waals surface area contributed by atoms with E-state index in [9.17, 15) is 0 Å². The maximum absolute atomic E-state index is 6.00. The second-order valence-corrected chi connectivity index (χ2v) is 6.05. The van der Waals surface area contributed by atoms with Crippen LogP contribution in [-0.2, 0) is 15.1 Å². The molecule has 96 valence electrons. The van der Waals surface area contributed by atoms with Gasteiger partial charge in [0, 0.05) is 0 Å². The van der Waals surface area contributed by atoms with Crippen LogP contribution in [0, 0.1) is 0 Å². The number of nitrogens with zero attached hydrogens (tertiary/aromatic N) is 1. The summed E-state index contributed by atoms with van der Waals surface area (Å²) in [5.41, 5.74) is 0.279. The molecule has 2 heterocycles. The van der Waals surface area contributed by atoms with Crippen LogP contribution in [0.5, 0.6) is 0 Å². The molecule has 0 radical (unpaired) electrons. The smallest absolute Gasteiger partial charge is 0.220 e. The molecule has 1 saturated heterocycles. The lowest BCUT2D eigenvalue weighted by atomic mass is 9.89. The summed E-state index contributed by atoms with van der Waals surface area (Å²) in [4.78, 5) is 4.64. The zero-order valence-electron chi connectivity index (χ0n) is 11.4. The predicted molar refractivity (Wildman–Crippen MR) is 70.8 cm³/mol. The van der Waals surface area contributed by atoms with Crippen LogP contribution in [0.1, 0.15) is 33.3 Å². The van der Waals surface area contributed by atoms with Crippen molar-refractivity contribution in [2.24, 2.45) is 4.99 Å². The highest BCUT2D eigenvalue weighted by Gasteiger charge is 2.70. The molecule has 0 spiro atoms. The van der Waals surface area contributed by atoms with Crippen molar-refractivity contribution in [3.05, 3.63) is 35.9 Å². The Hall–Kier alpha value is -1.35. The van der Waals surface area contributed by atoms with E-state index in [-0.39, 0.29) is 11.1 Å². The Bertz CT molecular complexity index is 508. The van der Waals surface area contributed by atoms with Crippen molar-refractivity contribution < 1.29 is 9.47 Å². The van der Waals surface area contributed by atoms with E-state index in [1.54, 1.807) is 0 Å². The third-order valence-corrected chi connectivity index (χ3v) is 3.98. The summed E-state index contributed by atoms with van der Waals surface area (Å²) in [5, 5.41) is 0. The summed E-state index contributed by atoms with van der Waals surface area (Å²) < 4.78 is 11.7. The summed E-state index contributed by atoms with van der Waals surface area (Å²) in [7, 11) is 0. The normalized spacial score (nSPS) is 37.0. The monoisotopic (exact) mass is 245 g/mol. The van der Waals surface area contributed by atoms with E-state index in [1.807, 2.05) is 18.2 Å². The molecule has 0 aromatic heterocycles. The molecule has 0 unspecified atom stereocenters. The molecule has 2 aliphatic heterocycles. The molecule has 3 rings (SSSR count). The molecule has 3 nitrogen and oxygen atoms in total. The van der Waals surface area contributed by atoms with Gasteiger partial charge in [-0.1, -0.05) is 30.3 Å². The Kier molecular flexibility index (Phi) is 2.18. The number of benzene rings is 1. The van der Waals surface area contributed by atoms with Gasteiger partial charge in [0.1, 0.15) is 12.2 Å². The van der Waals surface area contributed by atoms with E-state index in [4.69, 9.17) is 9.47 Å². The van der Waals surface area contributed by atoms with Gasteiger partial charge in [-0.15, -0.1) is 0 Å². The minimum Gasteiger partial charge on any atom is -0.476 e. The SMILES string of the molecule is CC1(C)COC([C@]2(C)O[C@]2(C)c2ccccc2)=N1. The predicted octanol–water partition coefficient (Wildman–Crippen LogP) is 2.90. The first-order chi connectivity index (χ1) is 8.37. The summed E-state index contributed by atoms with van der Waals surface area (Å²) in [6.45, 7) is 8.93. The van der Waals surface area contributed by atoms with Gasteiger partial charge in [0.25, 0.3) is 0 Å². The van der Waals surface area contributed by atoms with Gasteiger partial charge >= 0.3 is 0 Å². The molecule has 2 aliphatic rings. The van der Waals surface area contributed by atoms with Crippen LogP contribution in [0.3, 0.4) is 0 Å². The molecule has 0 amide bonds. The summed E-state index contributed by atoms with van der Waals surface area (Å²) >= 11 is 0. The van der Waals surface area contributed by atoms with E-state index in [0.717, 1.165) is 5.90 Å². The van der Waals surface area contributed by atoms with Crippen molar-refractivity contribution in [2.75, 3.05) is 6.61 Å². The number of aliphatic imine (C=N–C) groups is 1. The fourth-order valence-electron chi connectivity index (χ4n) is 2.55. The van der Waals surface area contributed by atoms with Crippen LogP contribution in [0.25, 0.3) is 0 Å². The number of hydrogen-bond donors (Lipinski definition) is 0. The zero-order chi connectivity index (χ0) is 13.0.